The summed E-state index contributed by atoms with van der Waals surface area (Å²) in [5.74, 6) is -1.20. The molecule has 0 saturated carbocycles. The van der Waals surface area contributed by atoms with Gasteiger partial charge in [0.1, 0.15) is 0 Å². The largest absolute Gasteiger partial charge is 0.481 e. The Balaban J connectivity index is 2.36. The molecule has 1 fully saturated rings. The Labute approximate surface area is 114 Å². The Morgan fingerprint density at radius 3 is 2.84 bits per heavy atom. The molecule has 2 atom stereocenters. The van der Waals surface area contributed by atoms with E-state index >= 15 is 0 Å². The van der Waals surface area contributed by atoms with E-state index < -0.39 is 11.9 Å². The molecule has 108 valence electrons. The van der Waals surface area contributed by atoms with Crippen LogP contribution in [0.5, 0.6) is 0 Å². The van der Waals surface area contributed by atoms with Crippen molar-refractivity contribution in [2.24, 2.45) is 5.92 Å². The minimum atomic E-state index is -0.806. The molecule has 2 unspecified atom stereocenters. The molecular weight excluding hydrogens is 246 g/mol. The van der Waals surface area contributed by atoms with Crippen LogP contribution in [0.3, 0.4) is 0 Å². The lowest BCUT2D eigenvalue weighted by Gasteiger charge is -2.36. The Bertz CT molecular complexity index is 329. The van der Waals surface area contributed by atoms with E-state index in [-0.39, 0.29) is 11.9 Å². The van der Waals surface area contributed by atoms with Crippen LogP contribution < -0.4 is 0 Å². The topological polar surface area (TPSA) is 66.8 Å². The van der Waals surface area contributed by atoms with Gasteiger partial charge >= 0.3 is 5.97 Å². The third kappa shape index (κ3) is 5.03. The summed E-state index contributed by atoms with van der Waals surface area (Å²) in [6.07, 6.45) is 4.16. The van der Waals surface area contributed by atoms with Gasteiger partial charge in [-0.25, -0.2) is 0 Å². The molecule has 0 aromatic rings. The fraction of sp³-hybridized carbons (Fsp3) is 0.714. The minimum Gasteiger partial charge on any atom is -0.481 e. The standard InChI is InChI=1S/C14H23NO4/c1-3-8-19-9-4-5-13(16)15-10-12(14(17)18)7-6-11(15)2/h3,11-12H,1,4-10H2,2H3,(H,17,18). The summed E-state index contributed by atoms with van der Waals surface area (Å²) in [5.41, 5.74) is 0. The number of nitrogens with zero attached hydrogens (tertiary/aromatic N) is 1. The van der Waals surface area contributed by atoms with Gasteiger partial charge in [0.2, 0.25) is 5.91 Å². The second-order valence-corrected chi connectivity index (χ2v) is 4.97. The minimum absolute atomic E-state index is 0.0284. The first-order valence-corrected chi connectivity index (χ1v) is 6.77. The van der Waals surface area contributed by atoms with Crippen LogP contribution in [0.1, 0.15) is 32.6 Å². The monoisotopic (exact) mass is 269 g/mol. The molecule has 1 rings (SSSR count). The number of carbonyl (C=O) groups is 2. The zero-order valence-corrected chi connectivity index (χ0v) is 11.5. The van der Waals surface area contributed by atoms with E-state index in [1.54, 1.807) is 11.0 Å². The summed E-state index contributed by atoms with van der Waals surface area (Å²) in [6, 6.07) is 0.136. The van der Waals surface area contributed by atoms with Crippen molar-refractivity contribution in [3.05, 3.63) is 12.7 Å². The molecule has 1 aliphatic rings. The van der Waals surface area contributed by atoms with E-state index in [2.05, 4.69) is 6.58 Å². The summed E-state index contributed by atoms with van der Waals surface area (Å²) in [6.45, 7) is 6.88. The van der Waals surface area contributed by atoms with Crippen LogP contribution in [0.25, 0.3) is 0 Å². The average Bonchev–Trinajstić information content (AvgIpc) is 2.38. The number of aliphatic carboxylic acids is 1. The molecule has 5 nitrogen and oxygen atoms in total. The Morgan fingerprint density at radius 1 is 1.47 bits per heavy atom. The van der Waals surface area contributed by atoms with E-state index in [1.165, 1.54) is 0 Å². The van der Waals surface area contributed by atoms with Crippen LogP contribution in [-0.4, -0.2) is 47.7 Å². The van der Waals surface area contributed by atoms with Gasteiger partial charge in [0.05, 0.1) is 12.5 Å². The number of ether oxygens (including phenoxy) is 1. The summed E-state index contributed by atoms with van der Waals surface area (Å²) < 4.78 is 5.22. The third-order valence-corrected chi connectivity index (χ3v) is 3.47. The number of amides is 1. The van der Waals surface area contributed by atoms with Gasteiger partial charge in [-0.2, -0.15) is 0 Å². The fourth-order valence-corrected chi connectivity index (χ4v) is 2.29. The van der Waals surface area contributed by atoms with Gasteiger partial charge in [-0.3, -0.25) is 9.59 Å². The molecule has 1 aliphatic heterocycles. The van der Waals surface area contributed by atoms with E-state index in [0.29, 0.717) is 39.0 Å². The van der Waals surface area contributed by atoms with Gasteiger partial charge in [-0.15, -0.1) is 6.58 Å². The van der Waals surface area contributed by atoms with Crippen molar-refractivity contribution < 1.29 is 19.4 Å². The zero-order chi connectivity index (χ0) is 14.3. The van der Waals surface area contributed by atoms with Crippen molar-refractivity contribution in [1.82, 2.24) is 4.90 Å². The molecule has 0 spiro atoms. The van der Waals surface area contributed by atoms with Crippen molar-refractivity contribution in [2.45, 2.75) is 38.6 Å². The molecule has 0 aromatic heterocycles. The SMILES string of the molecule is C=CCOCCCC(=O)N1CC(C(=O)O)CCC1C. The van der Waals surface area contributed by atoms with Crippen molar-refractivity contribution in [2.75, 3.05) is 19.8 Å². The lowest BCUT2D eigenvalue weighted by atomic mass is 9.93. The number of likely N-dealkylation sites (tertiary alicyclic amines) is 1. The van der Waals surface area contributed by atoms with E-state index in [9.17, 15) is 9.59 Å². The van der Waals surface area contributed by atoms with Crippen molar-refractivity contribution in [3.63, 3.8) is 0 Å². The first-order valence-electron chi connectivity index (χ1n) is 6.77. The maximum absolute atomic E-state index is 12.1. The second-order valence-electron chi connectivity index (χ2n) is 4.97. The van der Waals surface area contributed by atoms with Crippen molar-refractivity contribution in [1.29, 1.82) is 0 Å². The molecule has 5 heteroatoms. The zero-order valence-electron chi connectivity index (χ0n) is 11.5. The molecular formula is C14H23NO4. The van der Waals surface area contributed by atoms with Gasteiger partial charge in [0, 0.05) is 25.6 Å². The number of rotatable bonds is 7. The maximum atomic E-state index is 12.1. The average molecular weight is 269 g/mol. The molecule has 0 aliphatic carbocycles. The second kappa shape index (κ2) is 7.94. The Kier molecular flexibility index (Phi) is 6.56. The molecule has 0 aromatic carbocycles. The highest BCUT2D eigenvalue weighted by molar-refractivity contribution is 5.78. The molecule has 1 N–H and O–H groups in total. The van der Waals surface area contributed by atoms with Gasteiger partial charge in [-0.1, -0.05) is 6.08 Å². The highest BCUT2D eigenvalue weighted by Crippen LogP contribution is 2.23. The summed E-state index contributed by atoms with van der Waals surface area (Å²) >= 11 is 0. The van der Waals surface area contributed by atoms with E-state index in [1.807, 2.05) is 6.92 Å². The third-order valence-electron chi connectivity index (χ3n) is 3.47. The van der Waals surface area contributed by atoms with Crippen molar-refractivity contribution in [3.8, 4) is 0 Å². The first kappa shape index (κ1) is 15.7. The molecule has 1 saturated heterocycles. The van der Waals surface area contributed by atoms with E-state index in [4.69, 9.17) is 9.84 Å². The Hall–Kier alpha value is -1.36. The smallest absolute Gasteiger partial charge is 0.308 e. The fourth-order valence-electron chi connectivity index (χ4n) is 2.29. The number of hydrogen-bond donors (Lipinski definition) is 1. The quantitative estimate of drug-likeness (QED) is 0.564. The number of carboxylic acid groups (broad SMARTS) is 1. The highest BCUT2D eigenvalue weighted by atomic mass is 16.5. The summed E-state index contributed by atoms with van der Waals surface area (Å²) in [7, 11) is 0. The van der Waals surface area contributed by atoms with Gasteiger partial charge in [-0.05, 0) is 26.2 Å². The first-order chi connectivity index (χ1) is 9.06. The van der Waals surface area contributed by atoms with Gasteiger partial charge < -0.3 is 14.7 Å². The highest BCUT2D eigenvalue weighted by Gasteiger charge is 2.31. The predicted molar refractivity (Wildman–Crippen MR) is 71.8 cm³/mol. The molecule has 1 amide bonds. The molecule has 19 heavy (non-hydrogen) atoms. The molecule has 0 radical (unpaired) electrons. The van der Waals surface area contributed by atoms with Crippen LogP contribution in [0.15, 0.2) is 12.7 Å². The summed E-state index contributed by atoms with van der Waals surface area (Å²) in [5, 5.41) is 9.03. The van der Waals surface area contributed by atoms with Gasteiger partial charge in [0.25, 0.3) is 0 Å². The Morgan fingerprint density at radius 2 is 2.21 bits per heavy atom. The predicted octanol–water partition coefficient (Wildman–Crippen LogP) is 1.68. The van der Waals surface area contributed by atoms with Crippen LogP contribution in [-0.2, 0) is 14.3 Å². The maximum Gasteiger partial charge on any atom is 0.308 e. The van der Waals surface area contributed by atoms with Crippen LogP contribution in [0.2, 0.25) is 0 Å². The molecule has 1 heterocycles. The van der Waals surface area contributed by atoms with Crippen LogP contribution >= 0.6 is 0 Å². The molecule has 0 bridgehead atoms. The number of hydrogen-bond acceptors (Lipinski definition) is 3. The summed E-state index contributed by atoms with van der Waals surface area (Å²) in [4.78, 5) is 24.8. The lowest BCUT2D eigenvalue weighted by Crippen LogP contribution is -2.47. The van der Waals surface area contributed by atoms with E-state index in [0.717, 1.165) is 6.42 Å². The number of piperidine rings is 1. The number of carboxylic acids is 1. The van der Waals surface area contributed by atoms with Crippen LogP contribution in [0, 0.1) is 5.92 Å². The van der Waals surface area contributed by atoms with Crippen LogP contribution in [0.4, 0.5) is 0 Å². The lowest BCUT2D eigenvalue weighted by molar-refractivity contribution is -0.147. The van der Waals surface area contributed by atoms with Gasteiger partial charge in [0.15, 0.2) is 0 Å². The van der Waals surface area contributed by atoms with Crippen molar-refractivity contribution >= 4 is 11.9 Å². The number of carbonyl (C=O) groups excluding carboxylic acids is 1. The normalized spacial score (nSPS) is 23.1.